The standard InChI is InChI=1S/C17H27BrFN/c1-3-4-5-6-7-8-9-10-17(20-2)15-13-14(18)11-12-16(15)19/h11-13,17,20H,3-10H2,1-2H3. The van der Waals surface area contributed by atoms with E-state index in [9.17, 15) is 4.39 Å². The minimum Gasteiger partial charge on any atom is -0.313 e. The number of hydrogen-bond acceptors (Lipinski definition) is 1. The average Bonchev–Trinajstić information content (AvgIpc) is 2.45. The fraction of sp³-hybridized carbons (Fsp3) is 0.647. The van der Waals surface area contributed by atoms with Crippen LogP contribution >= 0.6 is 15.9 Å². The summed E-state index contributed by atoms with van der Waals surface area (Å²) in [5.41, 5.74) is 0.771. The Morgan fingerprint density at radius 3 is 2.40 bits per heavy atom. The molecule has 0 amide bonds. The lowest BCUT2D eigenvalue weighted by Crippen LogP contribution is -2.17. The molecule has 1 aromatic carbocycles. The Balaban J connectivity index is 2.34. The number of hydrogen-bond donors (Lipinski definition) is 1. The molecule has 3 heteroatoms. The van der Waals surface area contributed by atoms with Crippen LogP contribution in [-0.4, -0.2) is 7.05 Å². The van der Waals surface area contributed by atoms with Gasteiger partial charge in [-0.05, 0) is 31.7 Å². The number of nitrogens with one attached hydrogen (secondary N) is 1. The van der Waals surface area contributed by atoms with E-state index in [1.165, 1.54) is 44.6 Å². The molecule has 0 aromatic heterocycles. The maximum absolute atomic E-state index is 13.9. The van der Waals surface area contributed by atoms with Crippen LogP contribution in [0.2, 0.25) is 0 Å². The van der Waals surface area contributed by atoms with E-state index in [4.69, 9.17) is 0 Å². The second kappa shape index (κ2) is 10.3. The second-order valence-electron chi connectivity index (χ2n) is 5.42. The molecule has 1 rings (SSSR count). The van der Waals surface area contributed by atoms with E-state index in [0.29, 0.717) is 0 Å². The number of rotatable bonds is 10. The van der Waals surface area contributed by atoms with Gasteiger partial charge in [0.05, 0.1) is 0 Å². The molecule has 1 N–H and O–H groups in total. The van der Waals surface area contributed by atoms with Crippen LogP contribution in [0.4, 0.5) is 4.39 Å². The van der Waals surface area contributed by atoms with Crippen molar-refractivity contribution >= 4 is 15.9 Å². The van der Waals surface area contributed by atoms with Crippen LogP contribution in [0.5, 0.6) is 0 Å². The fourth-order valence-electron chi connectivity index (χ4n) is 2.54. The van der Waals surface area contributed by atoms with Crippen molar-refractivity contribution in [2.45, 2.75) is 64.3 Å². The van der Waals surface area contributed by atoms with E-state index >= 15 is 0 Å². The molecule has 0 saturated heterocycles. The largest absolute Gasteiger partial charge is 0.313 e. The van der Waals surface area contributed by atoms with Crippen molar-refractivity contribution in [3.63, 3.8) is 0 Å². The lowest BCUT2D eigenvalue weighted by Gasteiger charge is -2.17. The molecule has 1 aromatic rings. The van der Waals surface area contributed by atoms with Crippen LogP contribution in [0.15, 0.2) is 22.7 Å². The van der Waals surface area contributed by atoms with Gasteiger partial charge in [-0.1, -0.05) is 67.8 Å². The Hall–Kier alpha value is -0.410. The summed E-state index contributed by atoms with van der Waals surface area (Å²) in [6.07, 6.45) is 10.0. The molecule has 1 unspecified atom stereocenters. The van der Waals surface area contributed by atoms with Gasteiger partial charge in [-0.3, -0.25) is 0 Å². The SMILES string of the molecule is CCCCCCCCCC(NC)c1cc(Br)ccc1F. The van der Waals surface area contributed by atoms with Gasteiger partial charge in [0.25, 0.3) is 0 Å². The molecule has 0 aliphatic carbocycles. The smallest absolute Gasteiger partial charge is 0.128 e. The maximum Gasteiger partial charge on any atom is 0.128 e. The Morgan fingerprint density at radius 2 is 1.75 bits per heavy atom. The lowest BCUT2D eigenvalue weighted by molar-refractivity contribution is 0.475. The van der Waals surface area contributed by atoms with Gasteiger partial charge in [0.2, 0.25) is 0 Å². The number of halogens is 2. The van der Waals surface area contributed by atoms with E-state index in [1.807, 2.05) is 13.1 Å². The van der Waals surface area contributed by atoms with Crippen LogP contribution in [0.1, 0.15) is 69.9 Å². The summed E-state index contributed by atoms with van der Waals surface area (Å²) in [6.45, 7) is 2.24. The van der Waals surface area contributed by atoms with Gasteiger partial charge in [-0.25, -0.2) is 4.39 Å². The van der Waals surface area contributed by atoms with Gasteiger partial charge >= 0.3 is 0 Å². The van der Waals surface area contributed by atoms with Gasteiger partial charge in [-0.15, -0.1) is 0 Å². The van der Waals surface area contributed by atoms with Crippen LogP contribution in [0.25, 0.3) is 0 Å². The zero-order valence-corrected chi connectivity index (χ0v) is 14.3. The highest BCUT2D eigenvalue weighted by atomic mass is 79.9. The molecule has 1 nitrogen and oxygen atoms in total. The molecule has 0 aliphatic rings. The minimum absolute atomic E-state index is 0.114. The zero-order valence-electron chi connectivity index (χ0n) is 12.7. The molecule has 0 fully saturated rings. The molecular formula is C17H27BrFN. The summed E-state index contributed by atoms with van der Waals surface area (Å²) in [5, 5.41) is 3.24. The molecule has 114 valence electrons. The molecule has 0 heterocycles. The third kappa shape index (κ3) is 6.36. The maximum atomic E-state index is 13.9. The minimum atomic E-state index is -0.115. The number of unbranched alkanes of at least 4 members (excludes halogenated alkanes) is 6. The van der Waals surface area contributed by atoms with Crippen molar-refractivity contribution < 1.29 is 4.39 Å². The van der Waals surface area contributed by atoms with E-state index in [2.05, 4.69) is 28.2 Å². The van der Waals surface area contributed by atoms with Crippen molar-refractivity contribution in [1.29, 1.82) is 0 Å². The van der Waals surface area contributed by atoms with Crippen molar-refractivity contribution in [3.05, 3.63) is 34.1 Å². The Labute approximate surface area is 131 Å². The summed E-state index contributed by atoms with van der Waals surface area (Å²) in [6, 6.07) is 5.29. The highest BCUT2D eigenvalue weighted by molar-refractivity contribution is 9.10. The summed E-state index contributed by atoms with van der Waals surface area (Å²) in [5.74, 6) is -0.115. The Kier molecular flexibility index (Phi) is 9.12. The van der Waals surface area contributed by atoms with Crippen LogP contribution in [0, 0.1) is 5.82 Å². The van der Waals surface area contributed by atoms with E-state index in [-0.39, 0.29) is 11.9 Å². The van der Waals surface area contributed by atoms with Gasteiger partial charge < -0.3 is 5.32 Å². The average molecular weight is 344 g/mol. The van der Waals surface area contributed by atoms with Crippen molar-refractivity contribution in [2.75, 3.05) is 7.05 Å². The Morgan fingerprint density at radius 1 is 1.10 bits per heavy atom. The molecule has 0 radical (unpaired) electrons. The first-order valence-corrected chi connectivity index (χ1v) is 8.60. The van der Waals surface area contributed by atoms with Gasteiger partial charge in [0.1, 0.15) is 5.82 Å². The molecule has 0 spiro atoms. The highest BCUT2D eigenvalue weighted by Crippen LogP contribution is 2.25. The molecule has 0 bridgehead atoms. The second-order valence-corrected chi connectivity index (χ2v) is 6.33. The van der Waals surface area contributed by atoms with Crippen LogP contribution in [-0.2, 0) is 0 Å². The number of benzene rings is 1. The monoisotopic (exact) mass is 343 g/mol. The first-order valence-electron chi connectivity index (χ1n) is 7.81. The first-order chi connectivity index (χ1) is 9.69. The van der Waals surface area contributed by atoms with Crippen molar-refractivity contribution in [2.24, 2.45) is 0 Å². The summed E-state index contributed by atoms with van der Waals surface area (Å²) in [7, 11) is 1.91. The van der Waals surface area contributed by atoms with Crippen molar-refractivity contribution in [3.8, 4) is 0 Å². The van der Waals surface area contributed by atoms with Gasteiger partial charge in [0.15, 0.2) is 0 Å². The highest BCUT2D eigenvalue weighted by Gasteiger charge is 2.13. The molecule has 20 heavy (non-hydrogen) atoms. The van der Waals surface area contributed by atoms with Gasteiger partial charge in [0, 0.05) is 16.1 Å². The molecule has 0 saturated carbocycles. The molecular weight excluding hydrogens is 317 g/mol. The van der Waals surface area contributed by atoms with E-state index < -0.39 is 0 Å². The third-order valence-corrected chi connectivity index (χ3v) is 4.27. The predicted molar refractivity (Wildman–Crippen MR) is 88.5 cm³/mol. The van der Waals surface area contributed by atoms with E-state index in [1.54, 1.807) is 6.07 Å². The molecule has 1 atom stereocenters. The third-order valence-electron chi connectivity index (χ3n) is 3.78. The van der Waals surface area contributed by atoms with Gasteiger partial charge in [-0.2, -0.15) is 0 Å². The fourth-order valence-corrected chi connectivity index (χ4v) is 2.92. The zero-order chi connectivity index (χ0) is 14.8. The first kappa shape index (κ1) is 17.6. The van der Waals surface area contributed by atoms with Crippen LogP contribution < -0.4 is 5.32 Å². The lowest BCUT2D eigenvalue weighted by atomic mass is 9.99. The topological polar surface area (TPSA) is 12.0 Å². The molecule has 0 aliphatic heterocycles. The Bertz CT molecular complexity index is 381. The summed E-state index contributed by atoms with van der Waals surface area (Å²) < 4.78 is 14.8. The summed E-state index contributed by atoms with van der Waals surface area (Å²) >= 11 is 3.42. The van der Waals surface area contributed by atoms with E-state index in [0.717, 1.165) is 22.9 Å². The predicted octanol–water partition coefficient (Wildman–Crippen LogP) is 5.99. The summed E-state index contributed by atoms with van der Waals surface area (Å²) in [4.78, 5) is 0. The van der Waals surface area contributed by atoms with Crippen molar-refractivity contribution in [1.82, 2.24) is 5.32 Å². The van der Waals surface area contributed by atoms with Crippen LogP contribution in [0.3, 0.4) is 0 Å². The normalized spacial score (nSPS) is 12.6. The quantitative estimate of drug-likeness (QED) is 0.514.